The number of rotatable bonds is 5. The zero-order valence-corrected chi connectivity index (χ0v) is 12.4. The molecule has 0 aliphatic heterocycles. The van der Waals surface area contributed by atoms with Crippen molar-refractivity contribution in [1.82, 2.24) is 0 Å². The summed E-state index contributed by atoms with van der Waals surface area (Å²) in [4.78, 5) is 11.5. The van der Waals surface area contributed by atoms with Crippen molar-refractivity contribution in [2.75, 3.05) is 0 Å². The number of esters is 1. The third-order valence-electron chi connectivity index (χ3n) is 1.92. The summed E-state index contributed by atoms with van der Waals surface area (Å²) in [6.07, 6.45) is 0.0982. The van der Waals surface area contributed by atoms with E-state index in [9.17, 15) is 4.79 Å². The van der Waals surface area contributed by atoms with Crippen LogP contribution in [0.1, 0.15) is 47.5 Å². The first-order valence-corrected chi connectivity index (χ1v) is 6.21. The van der Waals surface area contributed by atoms with Crippen molar-refractivity contribution in [3.8, 4) is 6.07 Å². The van der Waals surface area contributed by atoms with E-state index in [-0.39, 0.29) is 18.0 Å². The number of ether oxygens (including phenoxy) is 2. The van der Waals surface area contributed by atoms with E-state index >= 15 is 0 Å². The monoisotopic (exact) mass is 259 g/mol. The van der Waals surface area contributed by atoms with Crippen molar-refractivity contribution in [1.29, 1.82) is 5.26 Å². The van der Waals surface area contributed by atoms with Gasteiger partial charge in [0.1, 0.15) is 0 Å². The highest BCUT2D eigenvalue weighted by atomic mass is 31.0. The van der Waals surface area contributed by atoms with E-state index < -0.39 is 11.4 Å². The normalized spacial score (nSPS) is 16.8. The Bertz CT molecular complexity index is 302. The van der Waals surface area contributed by atoms with Crippen molar-refractivity contribution in [3.63, 3.8) is 0 Å². The quantitative estimate of drug-likeness (QED) is 0.432. The number of nitrogens with zero attached hydrogens (tertiary/aromatic N) is 1. The van der Waals surface area contributed by atoms with Crippen LogP contribution in [0.15, 0.2) is 0 Å². The smallest absolute Gasteiger partial charge is 0.308 e. The third kappa shape index (κ3) is 9.09. The van der Waals surface area contributed by atoms with Gasteiger partial charge in [0.05, 0.1) is 16.8 Å². The van der Waals surface area contributed by atoms with Gasteiger partial charge in [0.25, 0.3) is 0 Å². The van der Waals surface area contributed by atoms with E-state index in [1.54, 1.807) is 13.8 Å². The zero-order valence-electron chi connectivity index (χ0n) is 11.2. The van der Waals surface area contributed by atoms with E-state index in [0.29, 0.717) is 6.42 Å². The van der Waals surface area contributed by atoms with E-state index in [4.69, 9.17) is 14.7 Å². The molecule has 3 unspecified atom stereocenters. The molecular weight excluding hydrogens is 237 g/mol. The summed E-state index contributed by atoms with van der Waals surface area (Å²) in [5.74, 6) is -0.342. The molecule has 0 fully saturated rings. The van der Waals surface area contributed by atoms with Gasteiger partial charge in [-0.2, -0.15) is 5.26 Å². The number of nitriles is 1. The third-order valence-corrected chi connectivity index (χ3v) is 2.34. The highest BCUT2D eigenvalue weighted by molar-refractivity contribution is 7.19. The fraction of sp³-hybridized carbons (Fsp3) is 0.833. The summed E-state index contributed by atoms with van der Waals surface area (Å²) >= 11 is 0. The highest BCUT2D eigenvalue weighted by Crippen LogP contribution is 2.23. The van der Waals surface area contributed by atoms with Crippen LogP contribution in [-0.2, 0) is 14.3 Å². The van der Waals surface area contributed by atoms with Gasteiger partial charge in [-0.25, -0.2) is 0 Å². The largest absolute Gasteiger partial charge is 0.436 e. The maximum Gasteiger partial charge on any atom is 0.308 e. The molecule has 0 radical (unpaired) electrons. The van der Waals surface area contributed by atoms with Crippen LogP contribution in [-0.4, -0.2) is 23.0 Å². The molecule has 98 valence electrons. The Morgan fingerprint density at radius 2 is 1.94 bits per heavy atom. The van der Waals surface area contributed by atoms with Crippen LogP contribution >= 0.6 is 9.24 Å². The molecule has 0 saturated heterocycles. The van der Waals surface area contributed by atoms with E-state index in [1.807, 2.05) is 20.8 Å². The van der Waals surface area contributed by atoms with Gasteiger partial charge in [0, 0.05) is 6.42 Å². The summed E-state index contributed by atoms with van der Waals surface area (Å²) < 4.78 is 10.5. The van der Waals surface area contributed by atoms with Crippen molar-refractivity contribution in [2.45, 2.75) is 64.5 Å². The lowest BCUT2D eigenvalue weighted by Crippen LogP contribution is -2.29. The minimum absolute atomic E-state index is 0.214. The second-order valence-electron chi connectivity index (χ2n) is 5.32. The lowest BCUT2D eigenvalue weighted by atomic mass is 10.1. The molecule has 0 aromatic rings. The first kappa shape index (κ1) is 16.4. The molecule has 0 N–H and O–H groups in total. The maximum atomic E-state index is 11.5. The van der Waals surface area contributed by atoms with Crippen molar-refractivity contribution in [2.24, 2.45) is 0 Å². The fourth-order valence-corrected chi connectivity index (χ4v) is 1.33. The molecular formula is C12H22NO3P. The second-order valence-corrected chi connectivity index (χ2v) is 6.59. The molecule has 0 rings (SSSR count). The average Bonchev–Trinajstić information content (AvgIpc) is 2.12. The minimum atomic E-state index is -0.576. The number of carbonyl (C=O) groups excluding carboxylic acids is 1. The average molecular weight is 259 g/mol. The molecule has 0 saturated carbocycles. The van der Waals surface area contributed by atoms with Crippen LogP contribution in [0.2, 0.25) is 0 Å². The van der Waals surface area contributed by atoms with Gasteiger partial charge in [0.2, 0.25) is 6.29 Å². The molecule has 0 aliphatic carbocycles. The zero-order chi connectivity index (χ0) is 13.7. The minimum Gasteiger partial charge on any atom is -0.436 e. The fourth-order valence-electron chi connectivity index (χ4n) is 1.18. The highest BCUT2D eigenvalue weighted by Gasteiger charge is 2.21. The van der Waals surface area contributed by atoms with Crippen molar-refractivity contribution < 1.29 is 14.3 Å². The summed E-state index contributed by atoms with van der Waals surface area (Å²) in [6.45, 7) is 9.14. The lowest BCUT2D eigenvalue weighted by molar-refractivity contribution is -0.196. The van der Waals surface area contributed by atoms with Crippen LogP contribution in [0, 0.1) is 11.3 Å². The molecule has 0 aliphatic rings. The van der Waals surface area contributed by atoms with E-state index in [2.05, 4.69) is 15.3 Å². The van der Waals surface area contributed by atoms with Gasteiger partial charge in [-0.05, 0) is 41.0 Å². The first-order valence-electron chi connectivity index (χ1n) is 5.63. The lowest BCUT2D eigenvalue weighted by Gasteiger charge is -2.25. The Hall–Kier alpha value is -0.650. The first-order chi connectivity index (χ1) is 7.56. The van der Waals surface area contributed by atoms with Crippen LogP contribution in [0.25, 0.3) is 0 Å². The van der Waals surface area contributed by atoms with Gasteiger partial charge in [-0.15, -0.1) is 9.24 Å². The predicted octanol–water partition coefficient (Wildman–Crippen LogP) is 2.63. The summed E-state index contributed by atoms with van der Waals surface area (Å²) in [7, 11) is 2.43. The molecule has 0 heterocycles. The number of hydrogen-bond acceptors (Lipinski definition) is 4. The number of carbonyl (C=O) groups is 1. The van der Waals surface area contributed by atoms with Gasteiger partial charge >= 0.3 is 5.97 Å². The van der Waals surface area contributed by atoms with Gasteiger partial charge < -0.3 is 9.47 Å². The van der Waals surface area contributed by atoms with Gasteiger partial charge in [0.15, 0.2) is 0 Å². The molecule has 0 amide bonds. The molecule has 17 heavy (non-hydrogen) atoms. The molecule has 5 heteroatoms. The van der Waals surface area contributed by atoms with Gasteiger partial charge in [-0.1, -0.05) is 0 Å². The van der Waals surface area contributed by atoms with E-state index in [0.717, 1.165) is 0 Å². The second kappa shape index (κ2) is 6.33. The SMILES string of the molecule is CC(OC(=O)CCC(C)(P)C#N)OC(C)(C)C. The number of hydrogen-bond donors (Lipinski definition) is 0. The Morgan fingerprint density at radius 3 is 2.35 bits per heavy atom. The van der Waals surface area contributed by atoms with Crippen molar-refractivity contribution >= 4 is 15.2 Å². The van der Waals surface area contributed by atoms with E-state index in [1.165, 1.54) is 0 Å². The molecule has 0 spiro atoms. The Morgan fingerprint density at radius 1 is 1.41 bits per heavy atom. The summed E-state index contributed by atoms with van der Waals surface area (Å²) in [6, 6.07) is 2.11. The Kier molecular flexibility index (Phi) is 6.09. The summed E-state index contributed by atoms with van der Waals surface area (Å²) in [5.41, 5.74) is -0.346. The topological polar surface area (TPSA) is 59.3 Å². The molecule has 0 aromatic heterocycles. The molecule has 0 aromatic carbocycles. The Labute approximate surface area is 106 Å². The van der Waals surface area contributed by atoms with Crippen LogP contribution in [0.4, 0.5) is 0 Å². The molecule has 4 nitrogen and oxygen atoms in total. The standard InChI is InChI=1S/C12H22NO3P/c1-9(16-11(2,3)4)15-10(14)6-7-12(5,17)8-13/h9H,6-7,17H2,1-5H3. The van der Waals surface area contributed by atoms with Crippen LogP contribution in [0.3, 0.4) is 0 Å². The van der Waals surface area contributed by atoms with Crippen LogP contribution < -0.4 is 0 Å². The predicted molar refractivity (Wildman–Crippen MR) is 69.4 cm³/mol. The van der Waals surface area contributed by atoms with Crippen LogP contribution in [0.5, 0.6) is 0 Å². The van der Waals surface area contributed by atoms with Crippen molar-refractivity contribution in [3.05, 3.63) is 0 Å². The maximum absolute atomic E-state index is 11.5. The van der Waals surface area contributed by atoms with Gasteiger partial charge in [-0.3, -0.25) is 4.79 Å². The Balaban J connectivity index is 4.00. The summed E-state index contributed by atoms with van der Waals surface area (Å²) in [5, 5.41) is 8.22. The molecule has 0 bridgehead atoms. The molecule has 3 atom stereocenters.